The molecule has 0 bridgehead atoms. The van der Waals surface area contributed by atoms with Crippen molar-refractivity contribution in [1.82, 2.24) is 0 Å². The van der Waals surface area contributed by atoms with Gasteiger partial charge in [0, 0.05) is 6.42 Å². The SMILES string of the molecule is Cc1cccc(Cc2ccccc2F)c1C. The number of hydrogen-bond acceptors (Lipinski definition) is 0. The lowest BCUT2D eigenvalue weighted by atomic mass is 9.97. The molecule has 1 heteroatoms. The van der Waals surface area contributed by atoms with Gasteiger partial charge in [0.15, 0.2) is 0 Å². The molecule has 2 rings (SSSR count). The number of hydrogen-bond donors (Lipinski definition) is 0. The van der Waals surface area contributed by atoms with Crippen molar-refractivity contribution in [1.29, 1.82) is 0 Å². The zero-order valence-electron chi connectivity index (χ0n) is 9.63. The predicted molar refractivity (Wildman–Crippen MR) is 65.1 cm³/mol. The van der Waals surface area contributed by atoms with Crippen molar-refractivity contribution in [2.24, 2.45) is 0 Å². The lowest BCUT2D eigenvalue weighted by Gasteiger charge is -2.09. The number of rotatable bonds is 2. The Morgan fingerprint density at radius 2 is 1.56 bits per heavy atom. The first-order valence-electron chi connectivity index (χ1n) is 5.47. The molecule has 0 saturated heterocycles. The molecule has 0 radical (unpaired) electrons. The van der Waals surface area contributed by atoms with Gasteiger partial charge in [-0.1, -0.05) is 36.4 Å². The van der Waals surface area contributed by atoms with Crippen LogP contribution in [0.5, 0.6) is 0 Å². The summed E-state index contributed by atoms with van der Waals surface area (Å²) in [4.78, 5) is 0. The second kappa shape index (κ2) is 4.48. The van der Waals surface area contributed by atoms with E-state index in [0.29, 0.717) is 6.42 Å². The zero-order valence-corrected chi connectivity index (χ0v) is 9.63. The lowest BCUT2D eigenvalue weighted by molar-refractivity contribution is 0.614. The first-order chi connectivity index (χ1) is 7.68. The topological polar surface area (TPSA) is 0 Å². The molecule has 0 N–H and O–H groups in total. The van der Waals surface area contributed by atoms with E-state index >= 15 is 0 Å². The van der Waals surface area contributed by atoms with Gasteiger partial charge in [-0.25, -0.2) is 4.39 Å². The van der Waals surface area contributed by atoms with Crippen LogP contribution in [0.25, 0.3) is 0 Å². The van der Waals surface area contributed by atoms with Crippen molar-refractivity contribution in [3.05, 3.63) is 70.5 Å². The smallest absolute Gasteiger partial charge is 0.126 e. The average molecular weight is 214 g/mol. The van der Waals surface area contributed by atoms with Gasteiger partial charge in [0.1, 0.15) is 5.82 Å². The normalized spacial score (nSPS) is 10.4. The zero-order chi connectivity index (χ0) is 11.5. The standard InChI is InChI=1S/C15H15F/c1-11-6-5-8-13(12(11)2)10-14-7-3-4-9-15(14)16/h3-9H,10H2,1-2H3. The molecule has 2 aromatic rings. The molecule has 2 aromatic carbocycles. The molecule has 0 nitrogen and oxygen atoms in total. The predicted octanol–water partition coefficient (Wildman–Crippen LogP) is 4.03. The molecule has 82 valence electrons. The molecule has 0 heterocycles. The second-order valence-electron chi connectivity index (χ2n) is 4.13. The Bertz CT molecular complexity index is 501. The third-order valence-electron chi connectivity index (χ3n) is 3.06. The molecule has 0 aliphatic carbocycles. The van der Waals surface area contributed by atoms with E-state index in [1.54, 1.807) is 6.07 Å². The van der Waals surface area contributed by atoms with Gasteiger partial charge >= 0.3 is 0 Å². The molecule has 16 heavy (non-hydrogen) atoms. The summed E-state index contributed by atoms with van der Waals surface area (Å²) in [6.45, 7) is 4.17. The highest BCUT2D eigenvalue weighted by Crippen LogP contribution is 2.18. The van der Waals surface area contributed by atoms with Crippen molar-refractivity contribution in [2.45, 2.75) is 20.3 Å². The maximum Gasteiger partial charge on any atom is 0.126 e. The Hall–Kier alpha value is -1.63. The van der Waals surface area contributed by atoms with Gasteiger partial charge in [0.25, 0.3) is 0 Å². The van der Waals surface area contributed by atoms with Gasteiger partial charge in [0.2, 0.25) is 0 Å². The van der Waals surface area contributed by atoms with Crippen molar-refractivity contribution < 1.29 is 4.39 Å². The van der Waals surface area contributed by atoms with Gasteiger partial charge < -0.3 is 0 Å². The number of aryl methyl sites for hydroxylation is 1. The van der Waals surface area contributed by atoms with Crippen LogP contribution in [0.1, 0.15) is 22.3 Å². The fraction of sp³-hybridized carbons (Fsp3) is 0.200. The van der Waals surface area contributed by atoms with E-state index < -0.39 is 0 Å². The van der Waals surface area contributed by atoms with Crippen LogP contribution in [0, 0.1) is 19.7 Å². The first kappa shape index (κ1) is 10.9. The highest BCUT2D eigenvalue weighted by Gasteiger charge is 2.05. The van der Waals surface area contributed by atoms with Gasteiger partial charge in [-0.15, -0.1) is 0 Å². The van der Waals surface area contributed by atoms with Crippen LogP contribution < -0.4 is 0 Å². The molecule has 0 aromatic heterocycles. The molecule has 0 aliphatic rings. The summed E-state index contributed by atoms with van der Waals surface area (Å²) >= 11 is 0. The van der Waals surface area contributed by atoms with Crippen LogP contribution in [0.15, 0.2) is 42.5 Å². The van der Waals surface area contributed by atoms with Crippen molar-refractivity contribution >= 4 is 0 Å². The van der Waals surface area contributed by atoms with Crippen LogP contribution in [-0.2, 0) is 6.42 Å². The van der Waals surface area contributed by atoms with E-state index in [9.17, 15) is 4.39 Å². The average Bonchev–Trinajstić information content (AvgIpc) is 2.28. The fourth-order valence-corrected chi connectivity index (χ4v) is 1.85. The van der Waals surface area contributed by atoms with Gasteiger partial charge in [0.05, 0.1) is 0 Å². The molecule has 0 spiro atoms. The second-order valence-corrected chi connectivity index (χ2v) is 4.13. The van der Waals surface area contributed by atoms with Gasteiger partial charge in [-0.2, -0.15) is 0 Å². The Kier molecular flexibility index (Phi) is 3.04. The molecular weight excluding hydrogens is 199 g/mol. The Labute approximate surface area is 95.7 Å². The summed E-state index contributed by atoms with van der Waals surface area (Å²) in [5.41, 5.74) is 4.47. The molecular formula is C15H15F. The van der Waals surface area contributed by atoms with E-state index in [1.807, 2.05) is 18.2 Å². The summed E-state index contributed by atoms with van der Waals surface area (Å²) in [5, 5.41) is 0. The molecule has 0 saturated carbocycles. The largest absolute Gasteiger partial charge is 0.207 e. The van der Waals surface area contributed by atoms with Crippen LogP contribution in [0.2, 0.25) is 0 Å². The maximum atomic E-state index is 13.5. The third-order valence-corrected chi connectivity index (χ3v) is 3.06. The number of benzene rings is 2. The summed E-state index contributed by atoms with van der Waals surface area (Å²) in [6.07, 6.45) is 0.667. The summed E-state index contributed by atoms with van der Waals surface area (Å²) in [6, 6.07) is 13.1. The van der Waals surface area contributed by atoms with E-state index in [2.05, 4.69) is 26.0 Å². The minimum atomic E-state index is -0.122. The molecule has 0 unspecified atom stereocenters. The molecule has 0 fully saturated rings. The highest BCUT2D eigenvalue weighted by molar-refractivity contribution is 5.37. The molecule has 0 atom stereocenters. The van der Waals surface area contributed by atoms with E-state index in [1.165, 1.54) is 22.8 Å². The lowest BCUT2D eigenvalue weighted by Crippen LogP contribution is -1.96. The molecule has 0 amide bonds. The Balaban J connectivity index is 2.35. The van der Waals surface area contributed by atoms with Crippen LogP contribution >= 0.6 is 0 Å². The first-order valence-corrected chi connectivity index (χ1v) is 5.47. The molecule has 0 aliphatic heterocycles. The van der Waals surface area contributed by atoms with Gasteiger partial charge in [-0.05, 0) is 42.2 Å². The quantitative estimate of drug-likeness (QED) is 0.708. The summed E-state index contributed by atoms with van der Waals surface area (Å²) < 4.78 is 13.5. The Morgan fingerprint density at radius 3 is 2.31 bits per heavy atom. The third kappa shape index (κ3) is 2.13. The van der Waals surface area contributed by atoms with Crippen molar-refractivity contribution in [2.75, 3.05) is 0 Å². The van der Waals surface area contributed by atoms with E-state index in [4.69, 9.17) is 0 Å². The van der Waals surface area contributed by atoms with E-state index in [-0.39, 0.29) is 5.82 Å². The van der Waals surface area contributed by atoms with E-state index in [0.717, 1.165) is 5.56 Å². The van der Waals surface area contributed by atoms with Crippen LogP contribution in [0.4, 0.5) is 4.39 Å². The minimum absolute atomic E-state index is 0.122. The maximum absolute atomic E-state index is 13.5. The van der Waals surface area contributed by atoms with Crippen molar-refractivity contribution in [3.8, 4) is 0 Å². The van der Waals surface area contributed by atoms with Gasteiger partial charge in [-0.3, -0.25) is 0 Å². The summed E-state index contributed by atoms with van der Waals surface area (Å²) in [5.74, 6) is -0.122. The van der Waals surface area contributed by atoms with Crippen LogP contribution in [-0.4, -0.2) is 0 Å². The highest BCUT2D eigenvalue weighted by atomic mass is 19.1. The monoisotopic (exact) mass is 214 g/mol. The van der Waals surface area contributed by atoms with Crippen molar-refractivity contribution in [3.63, 3.8) is 0 Å². The van der Waals surface area contributed by atoms with Crippen LogP contribution in [0.3, 0.4) is 0 Å². The number of halogens is 1. The fourth-order valence-electron chi connectivity index (χ4n) is 1.85. The minimum Gasteiger partial charge on any atom is -0.207 e. The Morgan fingerprint density at radius 1 is 0.875 bits per heavy atom. The summed E-state index contributed by atoms with van der Waals surface area (Å²) in [7, 11) is 0.